The van der Waals surface area contributed by atoms with Crippen molar-refractivity contribution >= 4 is 17.6 Å². The van der Waals surface area contributed by atoms with Gasteiger partial charge in [-0.1, -0.05) is 13.8 Å². The summed E-state index contributed by atoms with van der Waals surface area (Å²) in [4.78, 5) is 31.9. The lowest BCUT2D eigenvalue weighted by atomic mass is 10.0. The molecular weight excluding hydrogens is 256 g/mol. The molecule has 6 heteroatoms. The van der Waals surface area contributed by atoms with E-state index in [-0.39, 0.29) is 17.7 Å². The predicted molar refractivity (Wildman–Crippen MR) is 77.4 cm³/mol. The summed E-state index contributed by atoms with van der Waals surface area (Å²) in [7, 11) is 0. The van der Waals surface area contributed by atoms with Gasteiger partial charge in [0, 0.05) is 24.6 Å². The number of hydrogen-bond acceptors (Lipinski definition) is 4. The minimum absolute atomic E-state index is 0.175. The highest BCUT2D eigenvalue weighted by Gasteiger charge is 2.28. The van der Waals surface area contributed by atoms with Gasteiger partial charge in [0.2, 0.25) is 5.91 Å². The topological polar surface area (TPSA) is 84.0 Å². The van der Waals surface area contributed by atoms with Gasteiger partial charge in [0.05, 0.1) is 0 Å². The lowest BCUT2D eigenvalue weighted by Gasteiger charge is -2.24. The molecule has 0 saturated carbocycles. The fourth-order valence-corrected chi connectivity index (χ4v) is 1.68. The predicted octanol–water partition coefficient (Wildman–Crippen LogP) is 1.76. The Morgan fingerprint density at radius 3 is 2.35 bits per heavy atom. The fourth-order valence-electron chi connectivity index (χ4n) is 1.68. The second-order valence-corrected chi connectivity index (χ2v) is 5.67. The van der Waals surface area contributed by atoms with E-state index in [9.17, 15) is 9.59 Å². The Morgan fingerprint density at radius 2 is 1.85 bits per heavy atom. The molecule has 0 aliphatic rings. The van der Waals surface area contributed by atoms with Gasteiger partial charge in [0.25, 0.3) is 5.91 Å². The van der Waals surface area contributed by atoms with Crippen LogP contribution < -0.4 is 10.6 Å². The Morgan fingerprint density at radius 1 is 1.25 bits per heavy atom. The van der Waals surface area contributed by atoms with Gasteiger partial charge in [-0.2, -0.15) is 0 Å². The molecule has 2 N–H and O–H groups in total. The van der Waals surface area contributed by atoms with E-state index in [1.807, 2.05) is 20.8 Å². The summed E-state index contributed by atoms with van der Waals surface area (Å²) >= 11 is 0. The van der Waals surface area contributed by atoms with Gasteiger partial charge >= 0.3 is 0 Å². The Labute approximate surface area is 119 Å². The third-order valence-corrected chi connectivity index (χ3v) is 2.69. The van der Waals surface area contributed by atoms with Crippen LogP contribution in [0.1, 0.15) is 52.1 Å². The fraction of sp³-hybridized carbons (Fsp3) is 0.571. The smallest absolute Gasteiger partial charge is 0.250 e. The first kappa shape index (κ1) is 16.1. The van der Waals surface area contributed by atoms with Gasteiger partial charge in [-0.3, -0.25) is 9.59 Å². The van der Waals surface area contributed by atoms with Crippen molar-refractivity contribution in [2.24, 2.45) is 0 Å². The van der Waals surface area contributed by atoms with Crippen molar-refractivity contribution in [3.8, 4) is 0 Å². The standard InChI is InChI=1S/C14H22N4O2/c1-8(2)12-15-9(3)7-11(16-12)17-13(20)14(5,6)18-10(4)19/h7-8H,1-6H3,(H,18,19)(H,15,16,17,20). The molecule has 1 rings (SSSR count). The van der Waals surface area contributed by atoms with Gasteiger partial charge in [0.1, 0.15) is 17.2 Å². The molecule has 0 aromatic carbocycles. The van der Waals surface area contributed by atoms with E-state index in [1.54, 1.807) is 19.9 Å². The molecule has 0 atom stereocenters. The highest BCUT2D eigenvalue weighted by Crippen LogP contribution is 2.15. The number of nitrogens with zero attached hydrogens (tertiary/aromatic N) is 2. The maximum atomic E-state index is 12.2. The Kier molecular flexibility index (Phi) is 4.81. The highest BCUT2D eigenvalue weighted by molar-refractivity contribution is 5.99. The quantitative estimate of drug-likeness (QED) is 0.879. The van der Waals surface area contributed by atoms with Crippen LogP contribution in [-0.4, -0.2) is 27.3 Å². The van der Waals surface area contributed by atoms with Crippen LogP contribution in [0.25, 0.3) is 0 Å². The van der Waals surface area contributed by atoms with Crippen LogP contribution in [0.2, 0.25) is 0 Å². The SMILES string of the molecule is CC(=O)NC(C)(C)C(=O)Nc1cc(C)nc(C(C)C)n1. The second-order valence-electron chi connectivity index (χ2n) is 5.67. The molecule has 0 aliphatic heterocycles. The molecule has 20 heavy (non-hydrogen) atoms. The van der Waals surface area contributed by atoms with Gasteiger partial charge < -0.3 is 10.6 Å². The Hall–Kier alpha value is -1.98. The van der Waals surface area contributed by atoms with Crippen LogP contribution >= 0.6 is 0 Å². The van der Waals surface area contributed by atoms with Crippen LogP contribution in [0.5, 0.6) is 0 Å². The van der Waals surface area contributed by atoms with E-state index in [2.05, 4.69) is 20.6 Å². The second kappa shape index (κ2) is 5.98. The molecule has 0 radical (unpaired) electrons. The van der Waals surface area contributed by atoms with Crippen LogP contribution in [0.4, 0.5) is 5.82 Å². The number of aryl methyl sites for hydroxylation is 1. The molecule has 0 bridgehead atoms. The zero-order valence-corrected chi connectivity index (χ0v) is 12.9. The average molecular weight is 278 g/mol. The van der Waals surface area contributed by atoms with Crippen molar-refractivity contribution in [3.63, 3.8) is 0 Å². The molecule has 0 unspecified atom stereocenters. The van der Waals surface area contributed by atoms with Crippen molar-refractivity contribution in [1.29, 1.82) is 0 Å². The molecule has 2 amide bonds. The summed E-state index contributed by atoms with van der Waals surface area (Å²) in [5, 5.41) is 5.32. The molecule has 6 nitrogen and oxygen atoms in total. The van der Waals surface area contributed by atoms with Crippen LogP contribution in [0.15, 0.2) is 6.07 Å². The number of anilines is 1. The molecule has 1 heterocycles. The minimum atomic E-state index is -0.997. The summed E-state index contributed by atoms with van der Waals surface area (Å²) in [6.07, 6.45) is 0. The van der Waals surface area contributed by atoms with Crippen LogP contribution in [-0.2, 0) is 9.59 Å². The first-order valence-electron chi connectivity index (χ1n) is 6.57. The third kappa shape index (κ3) is 4.29. The summed E-state index contributed by atoms with van der Waals surface area (Å²) in [6, 6.07) is 1.70. The van der Waals surface area contributed by atoms with Gasteiger partial charge in [-0.15, -0.1) is 0 Å². The first-order chi connectivity index (χ1) is 9.11. The number of carbonyl (C=O) groups is 2. The Bertz CT molecular complexity index is 524. The van der Waals surface area contributed by atoms with Gasteiger partial charge in [-0.25, -0.2) is 9.97 Å². The van der Waals surface area contributed by atoms with Crippen LogP contribution in [0, 0.1) is 6.92 Å². The van der Waals surface area contributed by atoms with E-state index in [4.69, 9.17) is 0 Å². The highest BCUT2D eigenvalue weighted by atomic mass is 16.2. The normalized spacial score (nSPS) is 11.3. The number of nitrogens with one attached hydrogen (secondary N) is 2. The summed E-state index contributed by atoms with van der Waals surface area (Å²) in [5.74, 6) is 0.726. The van der Waals surface area contributed by atoms with Gasteiger partial charge in [-0.05, 0) is 20.8 Å². The number of carbonyl (C=O) groups excluding carboxylic acids is 2. The number of amides is 2. The maximum Gasteiger partial charge on any atom is 0.250 e. The van der Waals surface area contributed by atoms with Crippen molar-refractivity contribution in [3.05, 3.63) is 17.6 Å². The zero-order chi connectivity index (χ0) is 15.5. The average Bonchev–Trinajstić information content (AvgIpc) is 2.26. The monoisotopic (exact) mass is 278 g/mol. The summed E-state index contributed by atoms with van der Waals surface area (Å²) in [6.45, 7) is 10.5. The first-order valence-corrected chi connectivity index (χ1v) is 6.57. The largest absolute Gasteiger partial charge is 0.342 e. The van der Waals surface area contributed by atoms with Crippen molar-refractivity contribution in [2.45, 2.75) is 53.0 Å². The summed E-state index contributed by atoms with van der Waals surface area (Å²) in [5.41, 5.74) is -0.209. The van der Waals surface area contributed by atoms with Crippen molar-refractivity contribution < 1.29 is 9.59 Å². The lowest BCUT2D eigenvalue weighted by molar-refractivity contribution is -0.128. The lowest BCUT2D eigenvalue weighted by Crippen LogP contribution is -2.51. The van der Waals surface area contributed by atoms with Crippen molar-refractivity contribution in [1.82, 2.24) is 15.3 Å². The maximum absolute atomic E-state index is 12.2. The molecule has 1 aromatic heterocycles. The molecule has 1 aromatic rings. The number of rotatable bonds is 4. The summed E-state index contributed by atoms with van der Waals surface area (Å²) < 4.78 is 0. The molecule has 0 aliphatic carbocycles. The molecule has 0 fully saturated rings. The zero-order valence-electron chi connectivity index (χ0n) is 12.9. The molecular formula is C14H22N4O2. The van der Waals surface area contributed by atoms with Crippen LogP contribution in [0.3, 0.4) is 0 Å². The Balaban J connectivity index is 2.93. The van der Waals surface area contributed by atoms with E-state index in [0.717, 1.165) is 5.69 Å². The van der Waals surface area contributed by atoms with Crippen molar-refractivity contribution in [2.75, 3.05) is 5.32 Å². The molecule has 0 saturated heterocycles. The van der Waals surface area contributed by atoms with E-state index in [0.29, 0.717) is 11.6 Å². The molecule has 110 valence electrons. The molecule has 0 spiro atoms. The van der Waals surface area contributed by atoms with E-state index < -0.39 is 5.54 Å². The van der Waals surface area contributed by atoms with Gasteiger partial charge in [0.15, 0.2) is 0 Å². The van der Waals surface area contributed by atoms with E-state index >= 15 is 0 Å². The third-order valence-electron chi connectivity index (χ3n) is 2.69. The minimum Gasteiger partial charge on any atom is -0.342 e. The number of aromatic nitrogens is 2. The number of hydrogen-bond donors (Lipinski definition) is 2. The van der Waals surface area contributed by atoms with E-state index in [1.165, 1.54) is 6.92 Å².